The van der Waals surface area contributed by atoms with E-state index in [0.29, 0.717) is 32.1 Å². The number of guanidine groups is 2. The Morgan fingerprint density at radius 3 is 1.82 bits per heavy atom. The SMILES string of the molecule is C1CCOC1.CCN=C(NS(=O)(=O)c1cccc(CN)c1)N1CC2(C=N1)CCCC2.CCN=C(NS(=O)(=O)c1cccc(CN)c1)N1CC2(CCCC2)CN1. The van der Waals surface area contributed by atoms with Crippen molar-refractivity contribution in [2.24, 2.45) is 37.4 Å². The number of hydrazone groups is 1. The molecule has 0 amide bonds. The number of sulfonamides is 2. The zero-order valence-corrected chi connectivity index (χ0v) is 34.0. The normalized spacial score (nSPS) is 20.4. The molecule has 3 aliphatic heterocycles. The van der Waals surface area contributed by atoms with Crippen molar-refractivity contribution in [2.75, 3.05) is 45.9 Å². The third kappa shape index (κ3) is 11.5. The zero-order valence-electron chi connectivity index (χ0n) is 32.4. The highest BCUT2D eigenvalue weighted by Crippen LogP contribution is 2.41. The molecule has 15 nitrogen and oxygen atoms in total. The molecular weight excluding hydrogens is 741 g/mol. The molecule has 0 radical (unpaired) electrons. The second kappa shape index (κ2) is 19.5. The zero-order chi connectivity index (χ0) is 39.4. The van der Waals surface area contributed by atoms with Gasteiger partial charge in [0.05, 0.1) is 16.3 Å². The van der Waals surface area contributed by atoms with Gasteiger partial charge in [0.2, 0.25) is 11.9 Å². The van der Waals surface area contributed by atoms with Crippen molar-refractivity contribution >= 4 is 38.2 Å². The molecule has 5 aliphatic rings. The lowest BCUT2D eigenvalue weighted by molar-refractivity contribution is 0.198. The van der Waals surface area contributed by atoms with E-state index in [1.165, 1.54) is 51.4 Å². The Labute approximate surface area is 327 Å². The fourth-order valence-electron chi connectivity index (χ4n) is 7.57. The van der Waals surface area contributed by atoms with Crippen LogP contribution in [0.5, 0.6) is 0 Å². The summed E-state index contributed by atoms with van der Waals surface area (Å²) in [6.45, 7) is 9.67. The van der Waals surface area contributed by atoms with Crippen molar-refractivity contribution in [3.8, 4) is 0 Å². The summed E-state index contributed by atoms with van der Waals surface area (Å²) in [6, 6.07) is 13.3. The molecule has 0 atom stereocenters. The van der Waals surface area contributed by atoms with E-state index in [0.717, 1.165) is 50.3 Å². The van der Waals surface area contributed by atoms with E-state index in [-0.39, 0.29) is 33.1 Å². The number of aliphatic imine (C=N–C) groups is 2. The van der Waals surface area contributed by atoms with Gasteiger partial charge in [0.1, 0.15) is 0 Å². The fourth-order valence-corrected chi connectivity index (χ4v) is 9.76. The molecule has 7 rings (SSSR count). The fraction of sp³-hybridized carbons (Fsp3) is 0.605. The van der Waals surface area contributed by atoms with E-state index in [1.54, 1.807) is 47.5 Å². The average Bonchev–Trinajstić information content (AvgIpc) is 4.06. The molecule has 17 heteroatoms. The summed E-state index contributed by atoms with van der Waals surface area (Å²) in [5.74, 6) is 0.644. The van der Waals surface area contributed by atoms with Crippen LogP contribution in [0.3, 0.4) is 0 Å². The number of rotatable bonds is 8. The van der Waals surface area contributed by atoms with Crippen LogP contribution >= 0.6 is 0 Å². The molecule has 2 aliphatic carbocycles. The number of nitrogens with one attached hydrogen (secondary N) is 3. The number of benzene rings is 2. The third-order valence-corrected chi connectivity index (χ3v) is 13.3. The van der Waals surface area contributed by atoms with Gasteiger partial charge in [-0.15, -0.1) is 0 Å². The van der Waals surface area contributed by atoms with Crippen molar-refractivity contribution in [1.29, 1.82) is 0 Å². The molecular formula is C38H60N10O5S2. The van der Waals surface area contributed by atoms with Crippen LogP contribution in [-0.2, 0) is 37.9 Å². The van der Waals surface area contributed by atoms with Gasteiger partial charge in [-0.2, -0.15) is 5.10 Å². The van der Waals surface area contributed by atoms with Crippen molar-refractivity contribution in [3.05, 3.63) is 59.7 Å². The van der Waals surface area contributed by atoms with Crippen molar-refractivity contribution in [2.45, 2.75) is 101 Å². The van der Waals surface area contributed by atoms with Crippen LogP contribution in [0.25, 0.3) is 0 Å². The van der Waals surface area contributed by atoms with Gasteiger partial charge in [0, 0.05) is 69.5 Å². The summed E-state index contributed by atoms with van der Waals surface area (Å²) in [5.41, 5.74) is 16.4. The quantitative estimate of drug-likeness (QED) is 0.193. The second-order valence-electron chi connectivity index (χ2n) is 14.8. The highest BCUT2D eigenvalue weighted by atomic mass is 32.2. The number of hydrogen-bond acceptors (Lipinski definition) is 11. The van der Waals surface area contributed by atoms with Gasteiger partial charge in [0.25, 0.3) is 20.0 Å². The van der Waals surface area contributed by atoms with Crippen LogP contribution in [-0.4, -0.2) is 90.9 Å². The minimum absolute atomic E-state index is 0.0689. The smallest absolute Gasteiger partial charge is 0.264 e. The maximum absolute atomic E-state index is 12.8. The molecule has 7 N–H and O–H groups in total. The van der Waals surface area contributed by atoms with Crippen molar-refractivity contribution in [3.63, 3.8) is 0 Å². The van der Waals surface area contributed by atoms with Crippen LogP contribution < -0.4 is 26.3 Å². The summed E-state index contributed by atoms with van der Waals surface area (Å²) in [7, 11) is -7.44. The van der Waals surface area contributed by atoms with E-state index < -0.39 is 20.0 Å². The molecule has 2 aromatic rings. The highest BCUT2D eigenvalue weighted by Gasteiger charge is 2.42. The van der Waals surface area contributed by atoms with Crippen LogP contribution in [0.4, 0.5) is 0 Å². The van der Waals surface area contributed by atoms with Crippen molar-refractivity contribution < 1.29 is 21.6 Å². The standard InChI is InChI=1S/C17H27N5O2S.C17H25N5O2S.C4H8O/c2*1-2-19-16(22-13-17(12-20-22)8-3-4-9-17)21-25(23,24)15-7-5-6-14(10-15)11-18;1-2-4-5-3-1/h5-7,10,20H,2-4,8-9,11-13,18H2,1H3,(H,19,21);5-7,10,12H,2-4,8-9,11,13,18H2,1H3,(H,19,21);1-4H2. The second-order valence-corrected chi connectivity index (χ2v) is 18.2. The highest BCUT2D eigenvalue weighted by molar-refractivity contribution is 7.90. The van der Waals surface area contributed by atoms with E-state index in [9.17, 15) is 16.8 Å². The number of hydrazine groups is 1. The molecule has 0 aromatic heterocycles. The van der Waals surface area contributed by atoms with Gasteiger partial charge in [-0.25, -0.2) is 36.7 Å². The largest absolute Gasteiger partial charge is 0.381 e. The van der Waals surface area contributed by atoms with E-state index >= 15 is 0 Å². The summed E-state index contributed by atoms with van der Waals surface area (Å²) in [5, 5.41) is 7.97. The summed E-state index contributed by atoms with van der Waals surface area (Å²) < 4.78 is 61.2. The van der Waals surface area contributed by atoms with Gasteiger partial charge < -0.3 is 16.2 Å². The number of nitrogens with two attached hydrogens (primary N) is 2. The van der Waals surface area contributed by atoms with Crippen LogP contribution in [0.2, 0.25) is 0 Å². The molecule has 2 aromatic carbocycles. The van der Waals surface area contributed by atoms with Gasteiger partial charge >= 0.3 is 0 Å². The lowest BCUT2D eigenvalue weighted by Crippen LogP contribution is -2.47. The Morgan fingerprint density at radius 1 is 0.782 bits per heavy atom. The molecule has 4 fully saturated rings. The molecule has 2 saturated carbocycles. The first-order valence-corrected chi connectivity index (χ1v) is 22.6. The third-order valence-electron chi connectivity index (χ3n) is 10.6. The van der Waals surface area contributed by atoms with Crippen molar-refractivity contribution in [1.82, 2.24) is 24.9 Å². The Hall–Kier alpha value is -3.61. The van der Waals surface area contributed by atoms with E-state index in [1.807, 2.05) is 31.1 Å². The molecule has 3 heterocycles. The Kier molecular flexibility index (Phi) is 15.1. The van der Waals surface area contributed by atoms with Crippen LogP contribution in [0, 0.1) is 10.8 Å². The first-order valence-electron chi connectivity index (χ1n) is 19.6. The molecule has 55 heavy (non-hydrogen) atoms. The van der Waals surface area contributed by atoms with E-state index in [2.05, 4.69) is 30.0 Å². The molecule has 2 spiro atoms. The van der Waals surface area contributed by atoms with Gasteiger partial charge in [0.15, 0.2) is 0 Å². The number of ether oxygens (including phenoxy) is 1. The maximum Gasteiger partial charge on any atom is 0.264 e. The van der Waals surface area contributed by atoms with Gasteiger partial charge in [-0.3, -0.25) is 15.0 Å². The Bertz CT molecular complexity index is 1860. The summed E-state index contributed by atoms with van der Waals surface area (Å²) in [6.07, 6.45) is 13.9. The van der Waals surface area contributed by atoms with E-state index in [4.69, 9.17) is 16.2 Å². The minimum Gasteiger partial charge on any atom is -0.381 e. The monoisotopic (exact) mass is 800 g/mol. The molecule has 304 valence electrons. The first-order chi connectivity index (χ1) is 26.5. The van der Waals surface area contributed by atoms with Crippen LogP contribution in [0.1, 0.15) is 89.2 Å². The van der Waals surface area contributed by atoms with Gasteiger partial charge in [-0.05, 0) is 87.8 Å². The topological polar surface area (TPSA) is 209 Å². The summed E-state index contributed by atoms with van der Waals surface area (Å²) >= 11 is 0. The first kappa shape index (κ1) is 42.5. The predicted molar refractivity (Wildman–Crippen MR) is 217 cm³/mol. The number of nitrogens with zero attached hydrogens (tertiary/aromatic N) is 5. The predicted octanol–water partition coefficient (Wildman–Crippen LogP) is 3.64. The van der Waals surface area contributed by atoms with Gasteiger partial charge in [-0.1, -0.05) is 49.9 Å². The lowest BCUT2D eigenvalue weighted by Gasteiger charge is -2.24. The summed E-state index contributed by atoms with van der Waals surface area (Å²) in [4.78, 5) is 9.09. The molecule has 0 bridgehead atoms. The number of hydrogen-bond donors (Lipinski definition) is 5. The van der Waals surface area contributed by atoms with Crippen LogP contribution in [0.15, 0.2) is 73.4 Å². The Morgan fingerprint density at radius 2 is 1.31 bits per heavy atom. The average molecular weight is 801 g/mol. The molecule has 2 saturated heterocycles. The minimum atomic E-state index is -3.74. The Balaban J connectivity index is 0.000000187. The molecule has 0 unspecified atom stereocenters. The lowest BCUT2D eigenvalue weighted by atomic mass is 9.88. The maximum atomic E-state index is 12.8.